The van der Waals surface area contributed by atoms with Gasteiger partial charge >= 0.3 is 0 Å². The summed E-state index contributed by atoms with van der Waals surface area (Å²) in [5.74, 6) is 0. The van der Waals surface area contributed by atoms with E-state index in [1.165, 1.54) is 63.4 Å². The van der Waals surface area contributed by atoms with Crippen LogP contribution in [0.5, 0.6) is 0 Å². The summed E-state index contributed by atoms with van der Waals surface area (Å²) in [4.78, 5) is 2.66. The Morgan fingerprint density at radius 3 is 0.692 bits per heavy atom. The summed E-state index contributed by atoms with van der Waals surface area (Å²) >= 11 is 3.88. The van der Waals surface area contributed by atoms with Crippen LogP contribution in [0.25, 0.3) is 9.75 Å². The second kappa shape index (κ2) is 14.3. The Hall–Kier alpha value is -3.59. The van der Waals surface area contributed by atoms with Gasteiger partial charge in [-0.2, -0.15) is 0 Å². The number of benzene rings is 4. The summed E-state index contributed by atoms with van der Waals surface area (Å²) in [5, 5.41) is 0. The molecule has 0 N–H and O–H groups in total. The van der Waals surface area contributed by atoms with E-state index in [-0.39, 0.29) is 35.1 Å². The Labute approximate surface area is 323 Å². The Bertz CT molecular complexity index is 1810. The van der Waals surface area contributed by atoms with Gasteiger partial charge in [-0.3, -0.25) is 0 Å². The first-order valence-electron chi connectivity index (χ1n) is 18.9. The van der Waals surface area contributed by atoms with Crippen molar-refractivity contribution >= 4 is 67.5 Å². The predicted octanol–water partition coefficient (Wildman–Crippen LogP) is 9.70. The zero-order chi connectivity index (χ0) is 37.6. The van der Waals surface area contributed by atoms with Crippen LogP contribution in [0.4, 0.5) is 0 Å². The third kappa shape index (κ3) is 8.45. The predicted molar refractivity (Wildman–Crippen MR) is 238 cm³/mol. The van der Waals surface area contributed by atoms with E-state index < -0.39 is 0 Å². The minimum absolute atomic E-state index is 0.122. The molecule has 0 saturated carbocycles. The van der Waals surface area contributed by atoms with E-state index in [1.54, 1.807) is 0 Å². The lowest BCUT2D eigenvalue weighted by Crippen LogP contribution is -2.51. The molecule has 6 rings (SSSR count). The molecule has 0 bridgehead atoms. The molecule has 0 radical (unpaired) electrons. The van der Waals surface area contributed by atoms with E-state index in [0.717, 1.165) is 0 Å². The lowest BCUT2D eigenvalue weighted by Gasteiger charge is -2.22. The van der Waals surface area contributed by atoms with Crippen LogP contribution < -0.4 is 31.4 Å². The molecule has 6 aromatic rings. The maximum Gasteiger partial charge on any atom is 0.253 e. The summed E-state index contributed by atoms with van der Waals surface area (Å²) in [5.41, 5.74) is 11.3. The SMILES string of the molecule is CC(C)(C)c1ccc(B(c2ccc(C(C)(C)C)cc2)c2ccc(-c3ccc(B(c4ccc(C(C)(C)C)cc4)c4ccc(C(C)(C)C)cc4)s3)s2)cc1. The summed E-state index contributed by atoms with van der Waals surface area (Å²) in [6.45, 7) is 27.8. The fraction of sp³-hybridized carbons (Fsp3) is 0.333. The summed E-state index contributed by atoms with van der Waals surface area (Å²) in [6, 6.07) is 46.9. The van der Waals surface area contributed by atoms with Gasteiger partial charge in [0.05, 0.1) is 0 Å². The summed E-state index contributed by atoms with van der Waals surface area (Å²) in [6.07, 6.45) is 0. The monoisotopic (exact) mass is 718 g/mol. The molecule has 2 heterocycles. The molecular formula is C48H56B2S2. The standard InChI is InChI=1S/C48H56B2S2/c1-45(2,3)33-13-21-37(22-14-33)49(38-23-15-34(16-24-38)46(4,5)6)43-31-29-41(51-43)42-30-32-44(52-42)50(39-25-17-35(18-26-39)47(7,8)9)40-27-19-36(20-28-40)48(10,11)12/h13-32H,1-12H3. The molecule has 2 aromatic heterocycles. The molecular weight excluding hydrogens is 662 g/mol. The van der Waals surface area contributed by atoms with Crippen molar-refractivity contribution in [2.24, 2.45) is 0 Å². The van der Waals surface area contributed by atoms with Crippen molar-refractivity contribution in [2.45, 2.75) is 105 Å². The average Bonchev–Trinajstić information content (AvgIpc) is 3.75. The van der Waals surface area contributed by atoms with Crippen molar-refractivity contribution in [3.8, 4) is 9.75 Å². The Balaban J connectivity index is 1.38. The van der Waals surface area contributed by atoms with Crippen molar-refractivity contribution in [3.63, 3.8) is 0 Å². The second-order valence-corrected chi connectivity index (χ2v) is 21.0. The smallest absolute Gasteiger partial charge is 0.148 e. The summed E-state index contributed by atoms with van der Waals surface area (Å²) in [7, 11) is 0. The van der Waals surface area contributed by atoms with Gasteiger partial charge in [-0.05, 0) is 65.6 Å². The minimum Gasteiger partial charge on any atom is -0.148 e. The number of hydrogen-bond acceptors (Lipinski definition) is 2. The highest BCUT2D eigenvalue weighted by molar-refractivity contribution is 7.34. The number of hydrogen-bond donors (Lipinski definition) is 0. The third-order valence-corrected chi connectivity index (χ3v) is 13.0. The van der Waals surface area contributed by atoms with E-state index >= 15 is 0 Å². The van der Waals surface area contributed by atoms with Gasteiger partial charge in [-0.15, -0.1) is 22.7 Å². The summed E-state index contributed by atoms with van der Waals surface area (Å²) < 4.78 is 2.76. The zero-order valence-electron chi connectivity index (χ0n) is 33.5. The molecule has 0 unspecified atom stereocenters. The largest absolute Gasteiger partial charge is 0.253 e. The van der Waals surface area contributed by atoms with Gasteiger partial charge in [-0.1, -0.05) is 214 Å². The van der Waals surface area contributed by atoms with Crippen LogP contribution >= 0.6 is 22.7 Å². The van der Waals surface area contributed by atoms with E-state index in [9.17, 15) is 0 Å². The van der Waals surface area contributed by atoms with Crippen LogP contribution in [0.2, 0.25) is 0 Å². The topological polar surface area (TPSA) is 0 Å². The molecule has 0 amide bonds. The van der Waals surface area contributed by atoms with Crippen molar-refractivity contribution in [1.82, 2.24) is 0 Å². The quantitative estimate of drug-likeness (QED) is 0.144. The van der Waals surface area contributed by atoms with Gasteiger partial charge in [0, 0.05) is 9.75 Å². The molecule has 0 aliphatic rings. The van der Waals surface area contributed by atoms with Gasteiger partial charge < -0.3 is 0 Å². The lowest BCUT2D eigenvalue weighted by molar-refractivity contribution is 0.590. The van der Waals surface area contributed by atoms with Gasteiger partial charge in [0.15, 0.2) is 0 Å². The van der Waals surface area contributed by atoms with Crippen molar-refractivity contribution in [3.05, 3.63) is 144 Å². The van der Waals surface area contributed by atoms with E-state index in [4.69, 9.17) is 0 Å². The highest BCUT2D eigenvalue weighted by Crippen LogP contribution is 2.29. The molecule has 4 aromatic carbocycles. The highest BCUT2D eigenvalue weighted by Gasteiger charge is 2.28. The fourth-order valence-electron chi connectivity index (χ4n) is 7.03. The maximum atomic E-state index is 2.37. The first-order valence-corrected chi connectivity index (χ1v) is 20.5. The average molecular weight is 719 g/mol. The van der Waals surface area contributed by atoms with Crippen LogP contribution in [-0.4, -0.2) is 13.4 Å². The van der Waals surface area contributed by atoms with Crippen LogP contribution in [0.1, 0.15) is 105 Å². The van der Waals surface area contributed by atoms with Crippen LogP contribution in [0.3, 0.4) is 0 Å². The molecule has 266 valence electrons. The zero-order valence-corrected chi connectivity index (χ0v) is 35.2. The molecule has 0 aliphatic carbocycles. The number of thiophene rings is 2. The van der Waals surface area contributed by atoms with Crippen LogP contribution in [0.15, 0.2) is 121 Å². The molecule has 0 saturated heterocycles. The molecule has 4 heteroatoms. The molecule has 0 aliphatic heterocycles. The Morgan fingerprint density at radius 1 is 0.288 bits per heavy atom. The van der Waals surface area contributed by atoms with Gasteiger partial charge in [0.1, 0.15) is 0 Å². The van der Waals surface area contributed by atoms with Crippen LogP contribution in [-0.2, 0) is 21.7 Å². The van der Waals surface area contributed by atoms with Gasteiger partial charge in [-0.25, -0.2) is 0 Å². The Kier molecular flexibility index (Phi) is 10.5. The third-order valence-electron chi connectivity index (χ3n) is 10.5. The molecule has 0 atom stereocenters. The Morgan fingerprint density at radius 2 is 0.500 bits per heavy atom. The normalized spacial score (nSPS) is 12.6. The van der Waals surface area contributed by atoms with E-state index in [1.807, 2.05) is 22.7 Å². The highest BCUT2D eigenvalue weighted by atomic mass is 32.1. The van der Waals surface area contributed by atoms with Crippen LogP contribution in [0, 0.1) is 0 Å². The van der Waals surface area contributed by atoms with E-state index in [2.05, 4.69) is 204 Å². The van der Waals surface area contributed by atoms with Crippen molar-refractivity contribution in [2.75, 3.05) is 0 Å². The van der Waals surface area contributed by atoms with Crippen molar-refractivity contribution < 1.29 is 0 Å². The number of rotatable bonds is 7. The first-order chi connectivity index (χ1) is 24.3. The second-order valence-electron chi connectivity index (χ2n) is 18.8. The maximum absolute atomic E-state index is 2.37. The molecule has 52 heavy (non-hydrogen) atoms. The first kappa shape index (κ1) is 38.1. The molecule has 0 spiro atoms. The lowest BCUT2D eigenvalue weighted by atomic mass is 9.39. The van der Waals surface area contributed by atoms with Gasteiger partial charge in [0.25, 0.3) is 13.4 Å². The minimum atomic E-state index is 0.122. The van der Waals surface area contributed by atoms with Gasteiger partial charge in [0.2, 0.25) is 0 Å². The fourth-order valence-corrected chi connectivity index (χ4v) is 9.44. The molecule has 0 fully saturated rings. The molecule has 0 nitrogen and oxygen atoms in total. The van der Waals surface area contributed by atoms with E-state index in [0.29, 0.717) is 0 Å². The van der Waals surface area contributed by atoms with Crippen molar-refractivity contribution in [1.29, 1.82) is 0 Å².